The molecule has 0 aromatic rings. The van der Waals surface area contributed by atoms with Crippen molar-refractivity contribution >= 4 is 5.91 Å². The van der Waals surface area contributed by atoms with Crippen LogP contribution in [-0.2, 0) is 4.79 Å². The van der Waals surface area contributed by atoms with Crippen LogP contribution in [0.5, 0.6) is 0 Å². The largest absolute Gasteiger partial charge is 0.393 e. The van der Waals surface area contributed by atoms with Crippen molar-refractivity contribution in [2.45, 2.75) is 37.5 Å². The van der Waals surface area contributed by atoms with Crippen molar-refractivity contribution in [3.8, 4) is 0 Å². The zero-order chi connectivity index (χ0) is 9.42. The van der Waals surface area contributed by atoms with E-state index in [0.717, 1.165) is 25.8 Å². The molecule has 2 N–H and O–H groups in total. The predicted octanol–water partition coefficient (Wildman–Crippen LogP) is -0.670. The van der Waals surface area contributed by atoms with Gasteiger partial charge in [0.15, 0.2) is 0 Å². The summed E-state index contributed by atoms with van der Waals surface area (Å²) in [4.78, 5) is 13.4. The van der Waals surface area contributed by atoms with Crippen LogP contribution in [0, 0.1) is 0 Å². The van der Waals surface area contributed by atoms with Crippen molar-refractivity contribution in [3.05, 3.63) is 0 Å². The number of aliphatic hydroxyl groups excluding tert-OH is 1. The molecule has 2 aliphatic rings. The van der Waals surface area contributed by atoms with Crippen molar-refractivity contribution in [1.82, 2.24) is 10.2 Å². The second kappa shape index (κ2) is 3.27. The normalized spacial score (nSPS) is 39.0. The van der Waals surface area contributed by atoms with E-state index >= 15 is 0 Å². The van der Waals surface area contributed by atoms with E-state index in [1.165, 1.54) is 0 Å². The van der Waals surface area contributed by atoms with E-state index in [0.29, 0.717) is 6.04 Å². The van der Waals surface area contributed by atoms with Gasteiger partial charge in [0, 0.05) is 12.6 Å². The van der Waals surface area contributed by atoms with Gasteiger partial charge in [0.2, 0.25) is 5.91 Å². The summed E-state index contributed by atoms with van der Waals surface area (Å²) in [5, 5.41) is 12.0. The first kappa shape index (κ1) is 8.97. The highest BCUT2D eigenvalue weighted by atomic mass is 16.3. The fourth-order valence-corrected chi connectivity index (χ4v) is 2.12. The van der Waals surface area contributed by atoms with Crippen molar-refractivity contribution < 1.29 is 9.90 Å². The zero-order valence-electron chi connectivity index (χ0n) is 7.86. The summed E-state index contributed by atoms with van der Waals surface area (Å²) in [6, 6.07) is 0.446. The maximum atomic E-state index is 11.3. The molecule has 0 aromatic heterocycles. The molecule has 1 atom stereocenters. The number of carbonyl (C=O) groups excluding carboxylic acids is 1. The lowest BCUT2D eigenvalue weighted by molar-refractivity contribution is -0.125. The van der Waals surface area contributed by atoms with E-state index in [2.05, 4.69) is 10.2 Å². The van der Waals surface area contributed by atoms with Gasteiger partial charge in [-0.15, -0.1) is 0 Å². The Morgan fingerprint density at radius 2 is 2.23 bits per heavy atom. The second-order valence-corrected chi connectivity index (χ2v) is 4.04. The van der Waals surface area contributed by atoms with Crippen LogP contribution in [0.4, 0.5) is 0 Å². The first-order chi connectivity index (χ1) is 6.18. The van der Waals surface area contributed by atoms with Crippen molar-refractivity contribution in [2.24, 2.45) is 0 Å². The predicted molar refractivity (Wildman–Crippen MR) is 48.2 cm³/mol. The van der Waals surface area contributed by atoms with E-state index in [1.54, 1.807) is 0 Å². The number of likely N-dealkylation sites (N-methyl/N-ethyl adjacent to an activating group) is 1. The Labute approximate surface area is 77.9 Å². The number of nitrogens with one attached hydrogen (secondary N) is 1. The minimum Gasteiger partial charge on any atom is -0.393 e. The molecule has 1 heterocycles. The van der Waals surface area contributed by atoms with E-state index in [-0.39, 0.29) is 18.1 Å². The molecule has 1 aliphatic heterocycles. The molecule has 0 spiro atoms. The average molecular weight is 184 g/mol. The molecule has 1 saturated carbocycles. The van der Waals surface area contributed by atoms with E-state index in [4.69, 9.17) is 5.11 Å². The molecule has 0 radical (unpaired) electrons. The maximum absolute atomic E-state index is 11.3. The minimum atomic E-state index is -0.142. The minimum absolute atomic E-state index is 0.0394. The SMILES string of the molecule is CN(C1CC(O)C1)C1CCNC1=O. The van der Waals surface area contributed by atoms with Gasteiger partial charge in [-0.25, -0.2) is 0 Å². The molecule has 74 valence electrons. The Morgan fingerprint density at radius 1 is 1.54 bits per heavy atom. The molecule has 13 heavy (non-hydrogen) atoms. The fourth-order valence-electron chi connectivity index (χ4n) is 2.12. The first-order valence-electron chi connectivity index (χ1n) is 4.86. The van der Waals surface area contributed by atoms with Gasteiger partial charge in [-0.3, -0.25) is 9.69 Å². The zero-order valence-corrected chi connectivity index (χ0v) is 7.86. The lowest BCUT2D eigenvalue weighted by Gasteiger charge is -2.40. The van der Waals surface area contributed by atoms with Crippen LogP contribution in [0.15, 0.2) is 0 Å². The van der Waals surface area contributed by atoms with Crippen LogP contribution in [0.1, 0.15) is 19.3 Å². The van der Waals surface area contributed by atoms with Gasteiger partial charge in [0.25, 0.3) is 0 Å². The van der Waals surface area contributed by atoms with Crippen molar-refractivity contribution in [2.75, 3.05) is 13.6 Å². The Morgan fingerprint density at radius 3 is 2.69 bits per heavy atom. The number of rotatable bonds is 2. The molecule has 1 aliphatic carbocycles. The molecule has 4 heteroatoms. The number of hydrogen-bond donors (Lipinski definition) is 2. The molecule has 0 aromatic carbocycles. The van der Waals surface area contributed by atoms with E-state index < -0.39 is 0 Å². The lowest BCUT2D eigenvalue weighted by atomic mass is 9.87. The average Bonchev–Trinajstić information content (AvgIpc) is 2.44. The number of carbonyl (C=O) groups is 1. The Kier molecular flexibility index (Phi) is 2.26. The molecule has 1 saturated heterocycles. The maximum Gasteiger partial charge on any atom is 0.237 e. The third kappa shape index (κ3) is 1.56. The topological polar surface area (TPSA) is 52.6 Å². The fraction of sp³-hybridized carbons (Fsp3) is 0.889. The summed E-state index contributed by atoms with van der Waals surface area (Å²) >= 11 is 0. The van der Waals surface area contributed by atoms with Gasteiger partial charge in [0.05, 0.1) is 12.1 Å². The first-order valence-corrected chi connectivity index (χ1v) is 4.86. The molecule has 1 amide bonds. The van der Waals surface area contributed by atoms with Crippen LogP contribution in [0.25, 0.3) is 0 Å². The molecule has 1 unspecified atom stereocenters. The highest BCUT2D eigenvalue weighted by Crippen LogP contribution is 2.27. The van der Waals surface area contributed by atoms with Gasteiger partial charge in [-0.1, -0.05) is 0 Å². The summed E-state index contributed by atoms with van der Waals surface area (Å²) < 4.78 is 0. The van der Waals surface area contributed by atoms with Gasteiger partial charge >= 0.3 is 0 Å². The van der Waals surface area contributed by atoms with Crippen LogP contribution in [0.3, 0.4) is 0 Å². The van der Waals surface area contributed by atoms with Gasteiger partial charge < -0.3 is 10.4 Å². The Bertz CT molecular complexity index is 214. The van der Waals surface area contributed by atoms with Crippen molar-refractivity contribution in [1.29, 1.82) is 0 Å². The summed E-state index contributed by atoms with van der Waals surface area (Å²) in [6.45, 7) is 0.795. The third-order valence-electron chi connectivity index (χ3n) is 3.18. The summed E-state index contributed by atoms with van der Waals surface area (Å²) in [6.07, 6.45) is 2.40. The van der Waals surface area contributed by atoms with Crippen LogP contribution < -0.4 is 5.32 Å². The number of aliphatic hydroxyl groups is 1. The van der Waals surface area contributed by atoms with Crippen LogP contribution >= 0.6 is 0 Å². The van der Waals surface area contributed by atoms with Gasteiger partial charge in [0.1, 0.15) is 0 Å². The molecule has 2 rings (SSSR count). The number of nitrogens with zero attached hydrogens (tertiary/aromatic N) is 1. The third-order valence-corrected chi connectivity index (χ3v) is 3.18. The summed E-state index contributed by atoms with van der Waals surface area (Å²) in [5.74, 6) is 0.142. The van der Waals surface area contributed by atoms with Crippen LogP contribution in [0.2, 0.25) is 0 Å². The summed E-state index contributed by atoms with van der Waals surface area (Å²) in [5.41, 5.74) is 0. The Balaban J connectivity index is 1.89. The number of hydrogen-bond acceptors (Lipinski definition) is 3. The van der Waals surface area contributed by atoms with E-state index in [9.17, 15) is 4.79 Å². The summed E-state index contributed by atoms with van der Waals surface area (Å²) in [7, 11) is 1.98. The molecule has 4 nitrogen and oxygen atoms in total. The highest BCUT2D eigenvalue weighted by molar-refractivity contribution is 5.83. The van der Waals surface area contributed by atoms with Gasteiger partial charge in [-0.2, -0.15) is 0 Å². The molecular weight excluding hydrogens is 168 g/mol. The smallest absolute Gasteiger partial charge is 0.237 e. The standard InChI is InChI=1S/C9H16N2O2/c1-11(6-4-7(12)5-6)8-2-3-10-9(8)13/h6-8,12H,2-5H2,1H3,(H,10,13). The number of amides is 1. The second-order valence-electron chi connectivity index (χ2n) is 4.04. The Hall–Kier alpha value is -0.610. The highest BCUT2D eigenvalue weighted by Gasteiger charge is 2.37. The monoisotopic (exact) mass is 184 g/mol. The van der Waals surface area contributed by atoms with E-state index in [1.807, 2.05) is 7.05 Å². The van der Waals surface area contributed by atoms with Crippen LogP contribution in [-0.4, -0.2) is 47.7 Å². The molecular formula is C9H16N2O2. The van der Waals surface area contributed by atoms with Crippen molar-refractivity contribution in [3.63, 3.8) is 0 Å². The van der Waals surface area contributed by atoms with Gasteiger partial charge in [-0.05, 0) is 26.3 Å². The molecule has 2 fully saturated rings. The molecule has 0 bridgehead atoms. The lowest BCUT2D eigenvalue weighted by Crippen LogP contribution is -2.51. The quantitative estimate of drug-likeness (QED) is 0.598.